The quantitative estimate of drug-likeness (QED) is 0.715. The molecular weight excluding hydrogens is 266 g/mol. The number of hydrogen-bond acceptors (Lipinski definition) is 2. The molecule has 90 valence electrons. The molecular formula is C13H20BrNO. The van der Waals surface area contributed by atoms with E-state index in [0.717, 1.165) is 30.7 Å². The molecule has 0 bridgehead atoms. The number of hydrogen-bond donors (Lipinski definition) is 0. The van der Waals surface area contributed by atoms with Crippen molar-refractivity contribution in [1.82, 2.24) is 4.90 Å². The molecule has 0 radical (unpaired) electrons. The standard InChI is InChI=1S/C13H20BrNO/c1-15(2)10-5-7-12-6-3-4-8-13(12)16-11-9-14/h3-4,6,8H,5,7,9-11H2,1-2H3. The Labute approximate surface area is 107 Å². The second-order valence-electron chi connectivity index (χ2n) is 4.05. The van der Waals surface area contributed by atoms with Crippen molar-refractivity contribution >= 4 is 15.9 Å². The predicted molar refractivity (Wildman–Crippen MR) is 72.6 cm³/mol. The van der Waals surface area contributed by atoms with Gasteiger partial charge in [-0.2, -0.15) is 0 Å². The lowest BCUT2D eigenvalue weighted by atomic mass is 10.1. The molecule has 0 fully saturated rings. The largest absolute Gasteiger partial charge is 0.492 e. The molecule has 0 aliphatic rings. The molecule has 0 saturated heterocycles. The number of halogens is 1. The molecule has 3 heteroatoms. The third-order valence-electron chi connectivity index (χ3n) is 2.36. The summed E-state index contributed by atoms with van der Waals surface area (Å²) >= 11 is 3.37. The van der Waals surface area contributed by atoms with E-state index in [1.54, 1.807) is 0 Å². The molecule has 1 rings (SSSR count). The Hall–Kier alpha value is -0.540. The van der Waals surface area contributed by atoms with E-state index in [0.29, 0.717) is 0 Å². The molecule has 0 N–H and O–H groups in total. The van der Waals surface area contributed by atoms with Crippen molar-refractivity contribution in [1.29, 1.82) is 0 Å². The first-order chi connectivity index (χ1) is 7.74. The number of alkyl halides is 1. The van der Waals surface area contributed by atoms with Gasteiger partial charge in [-0.25, -0.2) is 0 Å². The lowest BCUT2D eigenvalue weighted by molar-refractivity contribution is 0.339. The molecule has 0 aliphatic heterocycles. The van der Waals surface area contributed by atoms with Gasteiger partial charge in [0.15, 0.2) is 0 Å². The Balaban J connectivity index is 2.49. The molecule has 0 unspecified atom stereocenters. The van der Waals surface area contributed by atoms with Crippen molar-refractivity contribution in [3.63, 3.8) is 0 Å². The highest BCUT2D eigenvalue weighted by Gasteiger charge is 2.02. The summed E-state index contributed by atoms with van der Waals surface area (Å²) < 4.78 is 5.68. The Morgan fingerprint density at radius 1 is 1.25 bits per heavy atom. The summed E-state index contributed by atoms with van der Waals surface area (Å²) in [7, 11) is 4.21. The van der Waals surface area contributed by atoms with Crippen LogP contribution >= 0.6 is 15.9 Å². The number of ether oxygens (including phenoxy) is 1. The van der Waals surface area contributed by atoms with Crippen LogP contribution < -0.4 is 4.74 Å². The summed E-state index contributed by atoms with van der Waals surface area (Å²) in [5.74, 6) is 1.03. The third kappa shape index (κ3) is 4.99. The normalized spacial score (nSPS) is 10.8. The zero-order chi connectivity index (χ0) is 11.8. The topological polar surface area (TPSA) is 12.5 Å². The van der Waals surface area contributed by atoms with Gasteiger partial charge in [0.1, 0.15) is 5.75 Å². The fourth-order valence-electron chi connectivity index (χ4n) is 1.59. The van der Waals surface area contributed by atoms with Crippen molar-refractivity contribution in [2.45, 2.75) is 12.8 Å². The zero-order valence-corrected chi connectivity index (χ0v) is 11.7. The molecule has 0 atom stereocenters. The summed E-state index contributed by atoms with van der Waals surface area (Å²) in [6.07, 6.45) is 2.25. The minimum absolute atomic E-state index is 0.727. The SMILES string of the molecule is CN(C)CCCc1ccccc1OCCBr. The van der Waals surface area contributed by atoms with Crippen LogP contribution in [0.3, 0.4) is 0 Å². The lowest BCUT2D eigenvalue weighted by Crippen LogP contribution is -2.13. The molecule has 0 heterocycles. The number of nitrogens with zero attached hydrogens (tertiary/aromatic N) is 1. The maximum absolute atomic E-state index is 5.68. The highest BCUT2D eigenvalue weighted by atomic mass is 79.9. The van der Waals surface area contributed by atoms with Crippen molar-refractivity contribution in [3.8, 4) is 5.75 Å². The number of rotatable bonds is 7. The number of benzene rings is 1. The van der Waals surface area contributed by atoms with Crippen LogP contribution in [0.2, 0.25) is 0 Å². The van der Waals surface area contributed by atoms with E-state index in [4.69, 9.17) is 4.74 Å². The van der Waals surface area contributed by atoms with Gasteiger partial charge in [0.2, 0.25) is 0 Å². The van der Waals surface area contributed by atoms with Crippen LogP contribution in [0.1, 0.15) is 12.0 Å². The Morgan fingerprint density at radius 3 is 2.69 bits per heavy atom. The van der Waals surface area contributed by atoms with E-state index < -0.39 is 0 Å². The molecule has 0 spiro atoms. The third-order valence-corrected chi connectivity index (χ3v) is 2.68. The summed E-state index contributed by atoms with van der Waals surface area (Å²) in [6.45, 7) is 1.84. The van der Waals surface area contributed by atoms with E-state index in [9.17, 15) is 0 Å². The lowest BCUT2D eigenvalue weighted by Gasteiger charge is -2.12. The van der Waals surface area contributed by atoms with Crippen molar-refractivity contribution < 1.29 is 4.74 Å². The van der Waals surface area contributed by atoms with Crippen molar-refractivity contribution in [2.75, 3.05) is 32.6 Å². The fourth-order valence-corrected chi connectivity index (χ4v) is 1.75. The maximum atomic E-state index is 5.68. The second kappa shape index (κ2) is 7.69. The minimum Gasteiger partial charge on any atom is -0.492 e. The monoisotopic (exact) mass is 285 g/mol. The van der Waals surface area contributed by atoms with Crippen LogP contribution in [-0.2, 0) is 6.42 Å². The average Bonchev–Trinajstić information content (AvgIpc) is 2.27. The van der Waals surface area contributed by atoms with E-state index in [-0.39, 0.29) is 0 Å². The molecule has 0 aliphatic carbocycles. The van der Waals surface area contributed by atoms with Gasteiger partial charge < -0.3 is 9.64 Å². The van der Waals surface area contributed by atoms with Crippen molar-refractivity contribution in [2.24, 2.45) is 0 Å². The van der Waals surface area contributed by atoms with Gasteiger partial charge in [-0.3, -0.25) is 0 Å². The van der Waals surface area contributed by atoms with E-state index >= 15 is 0 Å². The minimum atomic E-state index is 0.727. The van der Waals surface area contributed by atoms with Crippen LogP contribution in [0.15, 0.2) is 24.3 Å². The fraction of sp³-hybridized carbons (Fsp3) is 0.538. The molecule has 1 aromatic carbocycles. The van der Waals surface area contributed by atoms with E-state index in [1.165, 1.54) is 12.0 Å². The summed E-state index contributed by atoms with van der Waals surface area (Å²) in [4.78, 5) is 2.21. The summed E-state index contributed by atoms with van der Waals surface area (Å²) in [5.41, 5.74) is 1.31. The van der Waals surface area contributed by atoms with Gasteiger partial charge in [-0.05, 0) is 45.1 Å². The summed E-state index contributed by atoms with van der Waals surface area (Å²) in [5, 5.41) is 0.874. The van der Waals surface area contributed by atoms with Gasteiger partial charge in [0.05, 0.1) is 6.61 Å². The molecule has 1 aromatic rings. The van der Waals surface area contributed by atoms with Crippen LogP contribution in [0.4, 0.5) is 0 Å². The van der Waals surface area contributed by atoms with Crippen LogP contribution in [0.25, 0.3) is 0 Å². The van der Waals surface area contributed by atoms with Crippen LogP contribution in [0.5, 0.6) is 5.75 Å². The van der Waals surface area contributed by atoms with Crippen LogP contribution in [0, 0.1) is 0 Å². The van der Waals surface area contributed by atoms with Gasteiger partial charge in [0, 0.05) is 5.33 Å². The number of aryl methyl sites for hydroxylation is 1. The van der Waals surface area contributed by atoms with Gasteiger partial charge in [-0.15, -0.1) is 0 Å². The average molecular weight is 286 g/mol. The first kappa shape index (κ1) is 13.5. The van der Waals surface area contributed by atoms with E-state index in [2.05, 4.69) is 47.1 Å². The first-order valence-electron chi connectivity index (χ1n) is 5.65. The Morgan fingerprint density at radius 2 is 2.00 bits per heavy atom. The summed E-state index contributed by atoms with van der Waals surface area (Å²) in [6, 6.07) is 8.30. The molecule has 0 saturated carbocycles. The molecule has 16 heavy (non-hydrogen) atoms. The Kier molecular flexibility index (Phi) is 6.50. The molecule has 0 amide bonds. The van der Waals surface area contributed by atoms with Crippen LogP contribution in [-0.4, -0.2) is 37.5 Å². The second-order valence-corrected chi connectivity index (χ2v) is 4.84. The van der Waals surface area contributed by atoms with Crippen molar-refractivity contribution in [3.05, 3.63) is 29.8 Å². The first-order valence-corrected chi connectivity index (χ1v) is 6.77. The highest BCUT2D eigenvalue weighted by molar-refractivity contribution is 9.09. The van der Waals surface area contributed by atoms with E-state index in [1.807, 2.05) is 12.1 Å². The van der Waals surface area contributed by atoms with Gasteiger partial charge in [-0.1, -0.05) is 34.1 Å². The highest BCUT2D eigenvalue weighted by Crippen LogP contribution is 2.19. The molecule has 2 nitrogen and oxygen atoms in total. The van der Waals surface area contributed by atoms with Gasteiger partial charge >= 0.3 is 0 Å². The smallest absolute Gasteiger partial charge is 0.122 e. The Bertz CT molecular complexity index is 302. The van der Waals surface area contributed by atoms with Gasteiger partial charge in [0.25, 0.3) is 0 Å². The predicted octanol–water partition coefficient (Wildman–Crippen LogP) is 2.95. The molecule has 0 aromatic heterocycles. The zero-order valence-electron chi connectivity index (χ0n) is 10.1. The maximum Gasteiger partial charge on any atom is 0.122 e. The number of para-hydroxylation sites is 1.